The Morgan fingerprint density at radius 3 is 2.56 bits per heavy atom. The van der Waals surface area contributed by atoms with Crippen molar-refractivity contribution in [1.82, 2.24) is 0 Å². The van der Waals surface area contributed by atoms with Crippen LogP contribution in [0.1, 0.15) is 29.8 Å². The van der Waals surface area contributed by atoms with Crippen LogP contribution in [0.3, 0.4) is 0 Å². The van der Waals surface area contributed by atoms with Gasteiger partial charge in [0, 0.05) is 5.56 Å². The van der Waals surface area contributed by atoms with Crippen molar-refractivity contribution in [2.75, 3.05) is 6.61 Å². The Morgan fingerprint density at radius 1 is 1.50 bits per heavy atom. The first kappa shape index (κ1) is 12.2. The normalized spacial score (nSPS) is 9.94. The quantitative estimate of drug-likeness (QED) is 0.446. The van der Waals surface area contributed by atoms with Crippen LogP contribution in [0.5, 0.6) is 5.75 Å². The number of ether oxygens (including phenoxy) is 1. The molecule has 0 N–H and O–H groups in total. The molecule has 86 valence electrons. The Kier molecular flexibility index (Phi) is 3.60. The van der Waals surface area contributed by atoms with Gasteiger partial charge in [0.05, 0.1) is 17.1 Å². The number of carbonyl (C=O) groups is 1. The number of nitro groups is 1. The number of hydrogen-bond acceptors (Lipinski definition) is 4. The van der Waals surface area contributed by atoms with E-state index in [1.54, 1.807) is 26.0 Å². The van der Waals surface area contributed by atoms with Crippen LogP contribution in [-0.2, 0) is 0 Å². The molecule has 0 aliphatic carbocycles. The number of nitro benzene ring substituents is 1. The molecular weight excluding hydrogens is 210 g/mol. The van der Waals surface area contributed by atoms with Crippen LogP contribution >= 0.6 is 0 Å². The van der Waals surface area contributed by atoms with Crippen molar-refractivity contribution < 1.29 is 14.5 Å². The SMILES string of the molecule is CCOc1c(C(C)=O)ccc(C)c1[N+](=O)[O-]. The van der Waals surface area contributed by atoms with Gasteiger partial charge in [0.2, 0.25) is 5.75 Å². The molecule has 5 heteroatoms. The molecular formula is C11H13NO4. The summed E-state index contributed by atoms with van der Waals surface area (Å²) in [4.78, 5) is 21.7. The number of hydrogen-bond donors (Lipinski definition) is 0. The molecule has 0 amide bonds. The lowest BCUT2D eigenvalue weighted by Crippen LogP contribution is -2.05. The number of ketones is 1. The maximum atomic E-state index is 11.3. The maximum Gasteiger partial charge on any atom is 0.314 e. The lowest BCUT2D eigenvalue weighted by molar-refractivity contribution is -0.386. The predicted molar refractivity (Wildman–Crippen MR) is 59.0 cm³/mol. The molecule has 1 rings (SSSR count). The molecule has 0 spiro atoms. The van der Waals surface area contributed by atoms with Crippen molar-refractivity contribution in [1.29, 1.82) is 0 Å². The first-order valence-corrected chi connectivity index (χ1v) is 4.90. The second kappa shape index (κ2) is 4.74. The van der Waals surface area contributed by atoms with Gasteiger partial charge in [0.1, 0.15) is 0 Å². The summed E-state index contributed by atoms with van der Waals surface area (Å²) in [5, 5.41) is 10.9. The number of carbonyl (C=O) groups excluding carboxylic acids is 1. The Hall–Kier alpha value is -1.91. The second-order valence-electron chi connectivity index (χ2n) is 3.35. The second-order valence-corrected chi connectivity index (χ2v) is 3.35. The predicted octanol–water partition coefficient (Wildman–Crippen LogP) is 2.50. The zero-order valence-corrected chi connectivity index (χ0v) is 9.44. The van der Waals surface area contributed by atoms with E-state index in [1.807, 2.05) is 0 Å². The molecule has 0 aliphatic rings. The first-order chi connectivity index (χ1) is 7.49. The van der Waals surface area contributed by atoms with E-state index in [1.165, 1.54) is 6.92 Å². The summed E-state index contributed by atoms with van der Waals surface area (Å²) in [5.41, 5.74) is 0.604. The Bertz CT molecular complexity index is 440. The van der Waals surface area contributed by atoms with Crippen molar-refractivity contribution in [3.05, 3.63) is 33.4 Å². The van der Waals surface area contributed by atoms with Gasteiger partial charge in [-0.25, -0.2) is 0 Å². The van der Waals surface area contributed by atoms with Crippen LogP contribution in [-0.4, -0.2) is 17.3 Å². The van der Waals surface area contributed by atoms with Gasteiger partial charge < -0.3 is 4.74 Å². The number of aryl methyl sites for hydroxylation is 1. The third-order valence-electron chi connectivity index (χ3n) is 2.18. The summed E-state index contributed by atoms with van der Waals surface area (Å²) >= 11 is 0. The van der Waals surface area contributed by atoms with E-state index in [9.17, 15) is 14.9 Å². The third kappa shape index (κ3) is 2.18. The van der Waals surface area contributed by atoms with Gasteiger partial charge in [-0.15, -0.1) is 0 Å². The highest BCUT2D eigenvalue weighted by molar-refractivity contribution is 5.98. The van der Waals surface area contributed by atoms with Gasteiger partial charge in [0.15, 0.2) is 5.78 Å². The van der Waals surface area contributed by atoms with Gasteiger partial charge in [-0.2, -0.15) is 0 Å². The zero-order valence-electron chi connectivity index (χ0n) is 9.44. The van der Waals surface area contributed by atoms with Gasteiger partial charge in [-0.3, -0.25) is 14.9 Å². The van der Waals surface area contributed by atoms with Crippen LogP contribution in [0, 0.1) is 17.0 Å². The van der Waals surface area contributed by atoms with E-state index in [2.05, 4.69) is 0 Å². The van der Waals surface area contributed by atoms with Crippen LogP contribution < -0.4 is 4.74 Å². The van der Waals surface area contributed by atoms with Crippen molar-refractivity contribution in [3.8, 4) is 5.75 Å². The van der Waals surface area contributed by atoms with Crippen molar-refractivity contribution in [2.45, 2.75) is 20.8 Å². The zero-order chi connectivity index (χ0) is 12.3. The Morgan fingerprint density at radius 2 is 2.12 bits per heavy atom. The van der Waals surface area contributed by atoms with Gasteiger partial charge in [-0.1, -0.05) is 6.07 Å². The van der Waals surface area contributed by atoms with E-state index in [-0.39, 0.29) is 29.4 Å². The number of benzene rings is 1. The fourth-order valence-electron chi connectivity index (χ4n) is 1.46. The monoisotopic (exact) mass is 223 g/mol. The van der Waals surface area contributed by atoms with Crippen molar-refractivity contribution >= 4 is 11.5 Å². The smallest absolute Gasteiger partial charge is 0.314 e. The Balaban J connectivity index is 3.49. The highest BCUT2D eigenvalue weighted by Gasteiger charge is 2.24. The highest BCUT2D eigenvalue weighted by Crippen LogP contribution is 2.34. The summed E-state index contributed by atoms with van der Waals surface area (Å²) in [7, 11) is 0. The van der Waals surface area contributed by atoms with Crippen molar-refractivity contribution in [3.63, 3.8) is 0 Å². The maximum absolute atomic E-state index is 11.3. The number of rotatable bonds is 4. The van der Waals surface area contributed by atoms with E-state index < -0.39 is 4.92 Å². The van der Waals surface area contributed by atoms with Gasteiger partial charge in [-0.05, 0) is 26.8 Å². The molecule has 1 aromatic carbocycles. The van der Waals surface area contributed by atoms with Crippen LogP contribution in [0.25, 0.3) is 0 Å². The molecule has 0 saturated carbocycles. The van der Waals surface area contributed by atoms with Gasteiger partial charge >= 0.3 is 5.69 Å². The summed E-state index contributed by atoms with van der Waals surface area (Å²) in [6.07, 6.45) is 0. The molecule has 0 radical (unpaired) electrons. The van der Waals surface area contributed by atoms with Crippen LogP contribution in [0.2, 0.25) is 0 Å². The topological polar surface area (TPSA) is 69.4 Å². The fraction of sp³-hybridized carbons (Fsp3) is 0.364. The molecule has 0 saturated heterocycles. The largest absolute Gasteiger partial charge is 0.487 e. The van der Waals surface area contributed by atoms with E-state index in [0.29, 0.717) is 5.56 Å². The number of nitrogens with zero attached hydrogens (tertiary/aromatic N) is 1. The lowest BCUT2D eigenvalue weighted by atomic mass is 10.1. The molecule has 0 unspecified atom stereocenters. The molecule has 0 aromatic heterocycles. The van der Waals surface area contributed by atoms with Crippen LogP contribution in [0.15, 0.2) is 12.1 Å². The minimum absolute atomic E-state index is 0.0694. The lowest BCUT2D eigenvalue weighted by Gasteiger charge is -2.09. The fourth-order valence-corrected chi connectivity index (χ4v) is 1.46. The minimum atomic E-state index is -0.521. The third-order valence-corrected chi connectivity index (χ3v) is 2.18. The molecule has 0 aliphatic heterocycles. The minimum Gasteiger partial charge on any atom is -0.487 e. The average molecular weight is 223 g/mol. The van der Waals surface area contributed by atoms with E-state index >= 15 is 0 Å². The first-order valence-electron chi connectivity index (χ1n) is 4.90. The molecule has 0 atom stereocenters. The van der Waals surface area contributed by atoms with E-state index in [0.717, 1.165) is 0 Å². The molecule has 1 aromatic rings. The van der Waals surface area contributed by atoms with Gasteiger partial charge in [0.25, 0.3) is 0 Å². The van der Waals surface area contributed by atoms with E-state index in [4.69, 9.17) is 4.74 Å². The molecule has 0 bridgehead atoms. The molecule has 5 nitrogen and oxygen atoms in total. The standard InChI is InChI=1S/C11H13NO4/c1-4-16-11-9(8(3)13)6-5-7(2)10(11)12(14)15/h5-6H,4H2,1-3H3. The Labute approximate surface area is 93.2 Å². The molecule has 0 fully saturated rings. The summed E-state index contributed by atoms with van der Waals surface area (Å²) in [6, 6.07) is 3.10. The summed E-state index contributed by atoms with van der Waals surface area (Å²) in [6.45, 7) is 4.97. The summed E-state index contributed by atoms with van der Waals surface area (Å²) in [5.74, 6) is -0.174. The molecule has 0 heterocycles. The van der Waals surface area contributed by atoms with Crippen molar-refractivity contribution in [2.24, 2.45) is 0 Å². The number of Topliss-reactive ketones (excluding diaryl/α,β-unsaturated/α-hetero) is 1. The summed E-state index contributed by atoms with van der Waals surface area (Å²) < 4.78 is 5.21. The molecule has 16 heavy (non-hydrogen) atoms. The highest BCUT2D eigenvalue weighted by atomic mass is 16.6. The average Bonchev–Trinajstić information content (AvgIpc) is 2.17. The van der Waals surface area contributed by atoms with Crippen LogP contribution in [0.4, 0.5) is 5.69 Å².